The van der Waals surface area contributed by atoms with E-state index in [2.05, 4.69) is 32.9 Å². The number of likely N-dealkylation sites (tertiary alicyclic amines) is 1. The van der Waals surface area contributed by atoms with Gasteiger partial charge in [-0.3, -0.25) is 9.59 Å². The van der Waals surface area contributed by atoms with Crippen molar-refractivity contribution in [3.63, 3.8) is 0 Å². The zero-order valence-corrected chi connectivity index (χ0v) is 17.3. The standard InChI is InChI=1S/C24H28FNO3/c1-24(2,3)20-8-4-17(5-9-20)16-29-23(28)19-12-14-26(15-13-19)22(27)18-6-10-21(25)11-7-18/h4-11,19H,12-16H2,1-3H3. The molecule has 0 aliphatic carbocycles. The maximum absolute atomic E-state index is 13.0. The number of piperidine rings is 1. The molecular formula is C24H28FNO3. The second-order valence-corrected chi connectivity index (χ2v) is 8.63. The van der Waals surface area contributed by atoms with E-state index in [0.29, 0.717) is 31.5 Å². The highest BCUT2D eigenvalue weighted by atomic mass is 19.1. The van der Waals surface area contributed by atoms with Crippen molar-refractivity contribution >= 4 is 11.9 Å². The van der Waals surface area contributed by atoms with Crippen molar-refractivity contribution in [3.05, 3.63) is 71.0 Å². The molecule has 1 aliphatic rings. The predicted molar refractivity (Wildman–Crippen MR) is 110 cm³/mol. The number of rotatable bonds is 4. The number of hydrogen-bond donors (Lipinski definition) is 0. The Labute approximate surface area is 171 Å². The predicted octanol–water partition coefficient (Wildman–Crippen LogP) is 4.72. The summed E-state index contributed by atoms with van der Waals surface area (Å²) in [6, 6.07) is 13.7. The number of halogens is 1. The molecule has 1 fully saturated rings. The number of amides is 1. The molecule has 5 heteroatoms. The zero-order chi connectivity index (χ0) is 21.0. The van der Waals surface area contributed by atoms with Crippen molar-refractivity contribution in [2.75, 3.05) is 13.1 Å². The van der Waals surface area contributed by atoms with Gasteiger partial charge in [0.25, 0.3) is 5.91 Å². The molecule has 2 aromatic rings. The first-order valence-electron chi connectivity index (χ1n) is 10.0. The highest BCUT2D eigenvalue weighted by Gasteiger charge is 2.28. The summed E-state index contributed by atoms with van der Waals surface area (Å²) in [5, 5.41) is 0. The number of hydrogen-bond acceptors (Lipinski definition) is 3. The molecule has 0 unspecified atom stereocenters. The number of nitrogens with zero attached hydrogens (tertiary/aromatic N) is 1. The van der Waals surface area contributed by atoms with Gasteiger partial charge in [-0.25, -0.2) is 4.39 Å². The Kier molecular flexibility index (Phi) is 6.36. The Balaban J connectivity index is 1.47. The molecule has 0 aromatic heterocycles. The highest BCUT2D eigenvalue weighted by molar-refractivity contribution is 5.94. The fourth-order valence-electron chi connectivity index (χ4n) is 3.47. The fourth-order valence-corrected chi connectivity index (χ4v) is 3.47. The molecule has 3 rings (SSSR count). The molecule has 0 spiro atoms. The van der Waals surface area contributed by atoms with E-state index < -0.39 is 0 Å². The van der Waals surface area contributed by atoms with Crippen LogP contribution in [0.4, 0.5) is 4.39 Å². The van der Waals surface area contributed by atoms with Crippen molar-refractivity contribution in [2.24, 2.45) is 5.92 Å². The largest absolute Gasteiger partial charge is 0.461 e. The van der Waals surface area contributed by atoms with Gasteiger partial charge in [-0.1, -0.05) is 45.0 Å². The number of ether oxygens (including phenoxy) is 1. The molecule has 0 N–H and O–H groups in total. The minimum Gasteiger partial charge on any atom is -0.461 e. The lowest BCUT2D eigenvalue weighted by atomic mass is 9.87. The van der Waals surface area contributed by atoms with Crippen LogP contribution >= 0.6 is 0 Å². The molecule has 1 heterocycles. The van der Waals surface area contributed by atoms with Crippen molar-refractivity contribution < 1.29 is 18.7 Å². The first kappa shape index (κ1) is 21.0. The summed E-state index contributed by atoms with van der Waals surface area (Å²) < 4.78 is 18.5. The van der Waals surface area contributed by atoms with Gasteiger partial charge < -0.3 is 9.64 Å². The van der Waals surface area contributed by atoms with Gasteiger partial charge in [0.15, 0.2) is 0 Å². The summed E-state index contributed by atoms with van der Waals surface area (Å²) in [5.74, 6) is -0.897. The SMILES string of the molecule is CC(C)(C)c1ccc(COC(=O)C2CCN(C(=O)c3ccc(F)cc3)CC2)cc1. The molecule has 1 aliphatic heterocycles. The maximum Gasteiger partial charge on any atom is 0.309 e. The van der Waals surface area contributed by atoms with Crippen LogP contribution in [0.2, 0.25) is 0 Å². The van der Waals surface area contributed by atoms with Crippen LogP contribution in [0.1, 0.15) is 55.1 Å². The van der Waals surface area contributed by atoms with E-state index in [0.717, 1.165) is 5.56 Å². The molecule has 4 nitrogen and oxygen atoms in total. The maximum atomic E-state index is 13.0. The van der Waals surface area contributed by atoms with Crippen LogP contribution in [0, 0.1) is 11.7 Å². The first-order chi connectivity index (χ1) is 13.7. The number of esters is 1. The molecule has 29 heavy (non-hydrogen) atoms. The van der Waals surface area contributed by atoms with E-state index in [-0.39, 0.29) is 35.6 Å². The third kappa shape index (κ3) is 5.43. The fraction of sp³-hybridized carbons (Fsp3) is 0.417. The van der Waals surface area contributed by atoms with Crippen molar-refractivity contribution in [1.82, 2.24) is 4.90 Å². The van der Waals surface area contributed by atoms with Crippen LogP contribution in [0.3, 0.4) is 0 Å². The van der Waals surface area contributed by atoms with E-state index in [1.807, 2.05) is 12.1 Å². The lowest BCUT2D eigenvalue weighted by Crippen LogP contribution is -2.40. The summed E-state index contributed by atoms with van der Waals surface area (Å²) >= 11 is 0. The Morgan fingerprint density at radius 2 is 1.59 bits per heavy atom. The molecule has 1 saturated heterocycles. The van der Waals surface area contributed by atoms with Gasteiger partial charge in [-0.2, -0.15) is 0 Å². The van der Waals surface area contributed by atoms with Gasteiger partial charge >= 0.3 is 5.97 Å². The van der Waals surface area contributed by atoms with E-state index in [1.54, 1.807) is 4.90 Å². The number of carbonyl (C=O) groups is 2. The quantitative estimate of drug-likeness (QED) is 0.702. The number of benzene rings is 2. The molecule has 0 bridgehead atoms. The third-order valence-electron chi connectivity index (χ3n) is 5.41. The van der Waals surface area contributed by atoms with E-state index in [9.17, 15) is 14.0 Å². The molecule has 1 amide bonds. The van der Waals surface area contributed by atoms with E-state index in [4.69, 9.17) is 4.74 Å². The smallest absolute Gasteiger partial charge is 0.309 e. The minimum atomic E-state index is -0.365. The van der Waals surface area contributed by atoms with Gasteiger partial charge in [0.2, 0.25) is 0 Å². The lowest BCUT2D eigenvalue weighted by molar-refractivity contribution is -0.151. The van der Waals surface area contributed by atoms with Crippen LogP contribution in [-0.4, -0.2) is 29.9 Å². The monoisotopic (exact) mass is 397 g/mol. The van der Waals surface area contributed by atoms with Crippen LogP contribution in [0.25, 0.3) is 0 Å². The van der Waals surface area contributed by atoms with Crippen LogP contribution in [0.5, 0.6) is 0 Å². The Bertz CT molecular complexity index is 845. The average molecular weight is 397 g/mol. The average Bonchev–Trinajstić information content (AvgIpc) is 2.72. The molecule has 154 valence electrons. The van der Waals surface area contributed by atoms with Crippen LogP contribution in [0.15, 0.2) is 48.5 Å². The molecular weight excluding hydrogens is 369 g/mol. The second kappa shape index (κ2) is 8.76. The molecule has 0 atom stereocenters. The first-order valence-corrected chi connectivity index (χ1v) is 10.0. The van der Waals surface area contributed by atoms with Gasteiger partial charge in [0.05, 0.1) is 5.92 Å². The second-order valence-electron chi connectivity index (χ2n) is 8.63. The summed E-state index contributed by atoms with van der Waals surface area (Å²) in [6.07, 6.45) is 1.16. The molecule has 0 saturated carbocycles. The Morgan fingerprint density at radius 3 is 2.14 bits per heavy atom. The third-order valence-corrected chi connectivity index (χ3v) is 5.41. The number of carbonyl (C=O) groups excluding carboxylic acids is 2. The van der Waals surface area contributed by atoms with Gasteiger partial charge in [0.1, 0.15) is 12.4 Å². The summed E-state index contributed by atoms with van der Waals surface area (Å²) in [7, 11) is 0. The van der Waals surface area contributed by atoms with E-state index >= 15 is 0 Å². The minimum absolute atomic E-state index is 0.0918. The topological polar surface area (TPSA) is 46.6 Å². The van der Waals surface area contributed by atoms with Crippen LogP contribution < -0.4 is 0 Å². The molecule has 2 aromatic carbocycles. The summed E-state index contributed by atoms with van der Waals surface area (Å²) in [6.45, 7) is 7.74. The molecule has 0 radical (unpaired) electrons. The van der Waals surface area contributed by atoms with Gasteiger partial charge in [0, 0.05) is 18.7 Å². The van der Waals surface area contributed by atoms with Gasteiger partial charge in [-0.15, -0.1) is 0 Å². The highest BCUT2D eigenvalue weighted by Crippen LogP contribution is 2.23. The van der Waals surface area contributed by atoms with Gasteiger partial charge in [-0.05, 0) is 53.6 Å². The Hall–Kier alpha value is -2.69. The van der Waals surface area contributed by atoms with Crippen molar-refractivity contribution in [1.29, 1.82) is 0 Å². The van der Waals surface area contributed by atoms with Crippen molar-refractivity contribution in [3.8, 4) is 0 Å². The van der Waals surface area contributed by atoms with Crippen molar-refractivity contribution in [2.45, 2.75) is 45.6 Å². The Morgan fingerprint density at radius 1 is 1.00 bits per heavy atom. The summed E-state index contributed by atoms with van der Waals surface area (Å²) in [5.41, 5.74) is 2.77. The lowest BCUT2D eigenvalue weighted by Gasteiger charge is -2.31. The normalized spacial score (nSPS) is 15.2. The van der Waals surface area contributed by atoms with E-state index in [1.165, 1.54) is 29.8 Å². The zero-order valence-electron chi connectivity index (χ0n) is 17.3. The van der Waals surface area contributed by atoms with Crippen LogP contribution in [-0.2, 0) is 21.6 Å². The summed E-state index contributed by atoms with van der Waals surface area (Å²) in [4.78, 5) is 26.6.